The van der Waals surface area contributed by atoms with Crippen molar-refractivity contribution in [1.82, 2.24) is 10.2 Å². The Bertz CT molecular complexity index is 491. The van der Waals surface area contributed by atoms with Crippen molar-refractivity contribution in [3.05, 3.63) is 34.9 Å². The Morgan fingerprint density at radius 2 is 2.17 bits per heavy atom. The van der Waals surface area contributed by atoms with E-state index in [1.807, 2.05) is 18.2 Å². The molecule has 2 aliphatic rings. The Labute approximate surface area is 106 Å². The SMILES string of the molecule is CC1(F)CN(C(=O)c2ccc3c(c2)CNCC3)C1. The highest BCUT2D eigenvalue weighted by Gasteiger charge is 2.41. The van der Waals surface area contributed by atoms with Crippen molar-refractivity contribution in [2.45, 2.75) is 25.6 Å². The topological polar surface area (TPSA) is 32.3 Å². The van der Waals surface area contributed by atoms with Gasteiger partial charge in [-0.2, -0.15) is 0 Å². The number of halogens is 1. The number of nitrogens with zero attached hydrogens (tertiary/aromatic N) is 1. The number of alkyl halides is 1. The second-order valence-electron chi connectivity index (χ2n) is 5.48. The normalized spacial score (nSPS) is 21.1. The number of fused-ring (bicyclic) bond motifs is 1. The third-order valence-corrected chi connectivity index (χ3v) is 3.67. The molecule has 0 saturated carbocycles. The van der Waals surface area contributed by atoms with Crippen LogP contribution in [0.1, 0.15) is 28.4 Å². The first-order valence-electron chi connectivity index (χ1n) is 6.36. The molecule has 3 rings (SSSR count). The van der Waals surface area contributed by atoms with Gasteiger partial charge in [0, 0.05) is 12.1 Å². The number of hydrogen-bond donors (Lipinski definition) is 1. The molecule has 2 aliphatic heterocycles. The van der Waals surface area contributed by atoms with Gasteiger partial charge in [-0.05, 0) is 43.1 Å². The highest BCUT2D eigenvalue weighted by atomic mass is 19.1. The van der Waals surface area contributed by atoms with Crippen LogP contribution >= 0.6 is 0 Å². The van der Waals surface area contributed by atoms with Crippen molar-refractivity contribution in [1.29, 1.82) is 0 Å². The lowest BCUT2D eigenvalue weighted by molar-refractivity contribution is -0.00786. The Hall–Kier alpha value is -1.42. The Kier molecular flexibility index (Phi) is 2.63. The van der Waals surface area contributed by atoms with E-state index in [2.05, 4.69) is 5.32 Å². The van der Waals surface area contributed by atoms with E-state index in [1.54, 1.807) is 4.90 Å². The molecule has 0 aliphatic carbocycles. The lowest BCUT2D eigenvalue weighted by atomic mass is 9.95. The largest absolute Gasteiger partial charge is 0.332 e. The van der Waals surface area contributed by atoms with E-state index < -0.39 is 5.67 Å². The summed E-state index contributed by atoms with van der Waals surface area (Å²) in [4.78, 5) is 13.7. The first-order chi connectivity index (χ1) is 8.55. The van der Waals surface area contributed by atoms with Crippen LogP contribution in [0.15, 0.2) is 18.2 Å². The third kappa shape index (κ3) is 2.01. The third-order valence-electron chi connectivity index (χ3n) is 3.67. The fraction of sp³-hybridized carbons (Fsp3) is 0.500. The van der Waals surface area contributed by atoms with Crippen molar-refractivity contribution in [2.75, 3.05) is 19.6 Å². The summed E-state index contributed by atoms with van der Waals surface area (Å²) in [5.74, 6) is -0.0569. The second-order valence-corrected chi connectivity index (χ2v) is 5.48. The van der Waals surface area contributed by atoms with Crippen LogP contribution in [0, 0.1) is 0 Å². The number of benzene rings is 1. The van der Waals surface area contributed by atoms with Crippen LogP contribution in [0.3, 0.4) is 0 Å². The number of carbonyl (C=O) groups is 1. The quantitative estimate of drug-likeness (QED) is 0.817. The van der Waals surface area contributed by atoms with Crippen molar-refractivity contribution < 1.29 is 9.18 Å². The van der Waals surface area contributed by atoms with E-state index in [0.29, 0.717) is 5.56 Å². The van der Waals surface area contributed by atoms with Crippen LogP contribution in [0.25, 0.3) is 0 Å². The average molecular weight is 248 g/mol. The van der Waals surface area contributed by atoms with E-state index in [9.17, 15) is 9.18 Å². The maximum Gasteiger partial charge on any atom is 0.254 e. The number of amides is 1. The first-order valence-corrected chi connectivity index (χ1v) is 6.36. The van der Waals surface area contributed by atoms with E-state index in [-0.39, 0.29) is 19.0 Å². The molecule has 18 heavy (non-hydrogen) atoms. The molecule has 4 heteroatoms. The Morgan fingerprint density at radius 1 is 1.39 bits per heavy atom. The number of nitrogens with one attached hydrogen (secondary N) is 1. The molecule has 0 unspecified atom stereocenters. The summed E-state index contributed by atoms with van der Waals surface area (Å²) in [6.45, 7) is 3.76. The predicted molar refractivity (Wildman–Crippen MR) is 67.3 cm³/mol. The zero-order chi connectivity index (χ0) is 12.8. The van der Waals surface area contributed by atoms with Gasteiger partial charge in [0.25, 0.3) is 5.91 Å². The van der Waals surface area contributed by atoms with Crippen molar-refractivity contribution in [2.24, 2.45) is 0 Å². The standard InChI is InChI=1S/C14H17FN2O/c1-14(15)8-17(9-14)13(18)11-3-2-10-4-5-16-7-12(10)6-11/h2-3,6,16H,4-5,7-9H2,1H3. The molecule has 1 saturated heterocycles. The number of rotatable bonds is 1. The minimum absolute atomic E-state index is 0.0569. The van der Waals surface area contributed by atoms with E-state index in [0.717, 1.165) is 19.5 Å². The van der Waals surface area contributed by atoms with Gasteiger partial charge >= 0.3 is 0 Å². The minimum Gasteiger partial charge on any atom is -0.332 e. The summed E-state index contributed by atoms with van der Waals surface area (Å²) in [7, 11) is 0. The molecule has 1 aromatic rings. The molecular formula is C14H17FN2O. The van der Waals surface area contributed by atoms with Crippen LogP contribution in [0.5, 0.6) is 0 Å². The summed E-state index contributed by atoms with van der Waals surface area (Å²) in [5.41, 5.74) is 1.97. The maximum atomic E-state index is 13.4. The van der Waals surface area contributed by atoms with Crippen LogP contribution in [-0.4, -0.2) is 36.1 Å². The molecule has 2 heterocycles. The van der Waals surface area contributed by atoms with Gasteiger partial charge in [-0.3, -0.25) is 4.79 Å². The Morgan fingerprint density at radius 3 is 2.89 bits per heavy atom. The summed E-state index contributed by atoms with van der Waals surface area (Å²) >= 11 is 0. The molecule has 1 fully saturated rings. The molecule has 0 bridgehead atoms. The minimum atomic E-state index is -1.20. The van der Waals surface area contributed by atoms with Crippen LogP contribution in [0.2, 0.25) is 0 Å². The van der Waals surface area contributed by atoms with Gasteiger partial charge in [-0.1, -0.05) is 6.07 Å². The molecule has 96 valence electrons. The molecular weight excluding hydrogens is 231 g/mol. The zero-order valence-corrected chi connectivity index (χ0v) is 10.5. The molecule has 0 spiro atoms. The fourth-order valence-corrected chi connectivity index (χ4v) is 2.69. The van der Waals surface area contributed by atoms with Crippen molar-refractivity contribution in [3.63, 3.8) is 0 Å². The first kappa shape index (κ1) is 11.7. The van der Waals surface area contributed by atoms with E-state index in [4.69, 9.17) is 0 Å². The average Bonchev–Trinajstić information content (AvgIpc) is 2.34. The van der Waals surface area contributed by atoms with Gasteiger partial charge in [-0.15, -0.1) is 0 Å². The number of likely N-dealkylation sites (tertiary alicyclic amines) is 1. The van der Waals surface area contributed by atoms with Gasteiger partial charge in [0.1, 0.15) is 5.67 Å². The molecule has 3 nitrogen and oxygen atoms in total. The summed E-state index contributed by atoms with van der Waals surface area (Å²) in [6.07, 6.45) is 1.01. The fourth-order valence-electron chi connectivity index (χ4n) is 2.69. The maximum absolute atomic E-state index is 13.4. The molecule has 1 N–H and O–H groups in total. The van der Waals surface area contributed by atoms with Gasteiger partial charge < -0.3 is 10.2 Å². The predicted octanol–water partition coefficient (Wildman–Crippen LogP) is 1.52. The van der Waals surface area contributed by atoms with E-state index in [1.165, 1.54) is 18.1 Å². The molecule has 0 radical (unpaired) electrons. The van der Waals surface area contributed by atoms with Gasteiger partial charge in [0.15, 0.2) is 0 Å². The highest BCUT2D eigenvalue weighted by molar-refractivity contribution is 5.95. The van der Waals surface area contributed by atoms with Crippen LogP contribution in [-0.2, 0) is 13.0 Å². The monoisotopic (exact) mass is 248 g/mol. The number of carbonyl (C=O) groups excluding carboxylic acids is 1. The summed E-state index contributed by atoms with van der Waals surface area (Å²) < 4.78 is 13.4. The molecule has 1 aromatic carbocycles. The van der Waals surface area contributed by atoms with Gasteiger partial charge in [0.05, 0.1) is 13.1 Å². The second kappa shape index (κ2) is 4.05. The molecule has 0 atom stereocenters. The van der Waals surface area contributed by atoms with Crippen molar-refractivity contribution >= 4 is 5.91 Å². The Balaban J connectivity index is 1.78. The van der Waals surface area contributed by atoms with E-state index >= 15 is 0 Å². The van der Waals surface area contributed by atoms with Crippen LogP contribution in [0.4, 0.5) is 4.39 Å². The lowest BCUT2D eigenvalue weighted by Gasteiger charge is -2.42. The van der Waals surface area contributed by atoms with Crippen molar-refractivity contribution in [3.8, 4) is 0 Å². The lowest BCUT2D eigenvalue weighted by Crippen LogP contribution is -2.59. The van der Waals surface area contributed by atoms with Gasteiger partial charge in [-0.25, -0.2) is 4.39 Å². The molecule has 0 aromatic heterocycles. The summed E-state index contributed by atoms with van der Waals surface area (Å²) in [5, 5.41) is 3.29. The smallest absolute Gasteiger partial charge is 0.254 e. The molecule has 1 amide bonds. The number of hydrogen-bond acceptors (Lipinski definition) is 2. The highest BCUT2D eigenvalue weighted by Crippen LogP contribution is 2.26. The van der Waals surface area contributed by atoms with Crippen LogP contribution < -0.4 is 5.32 Å². The summed E-state index contributed by atoms with van der Waals surface area (Å²) in [6, 6.07) is 5.83. The zero-order valence-electron chi connectivity index (χ0n) is 10.5. The van der Waals surface area contributed by atoms with Gasteiger partial charge in [0.2, 0.25) is 0 Å².